The first-order chi connectivity index (χ1) is 9.40. The maximum absolute atomic E-state index is 13.9. The zero-order valence-electron chi connectivity index (χ0n) is 11.5. The Hall–Kier alpha value is -1.36. The fraction of sp³-hybridized carbons (Fsp3) is 0.600. The van der Waals surface area contributed by atoms with Crippen LogP contribution in [0.4, 0.5) is 8.78 Å². The van der Waals surface area contributed by atoms with Crippen molar-refractivity contribution in [2.75, 3.05) is 13.2 Å². The molecule has 0 amide bonds. The number of halogens is 2. The van der Waals surface area contributed by atoms with Crippen LogP contribution in [0.25, 0.3) is 0 Å². The lowest BCUT2D eigenvalue weighted by Gasteiger charge is -2.40. The maximum atomic E-state index is 13.9. The summed E-state index contributed by atoms with van der Waals surface area (Å²) in [7, 11) is 0. The number of hydrogen-bond acceptors (Lipinski definition) is 3. The molecule has 0 radical (unpaired) electrons. The molecule has 1 aliphatic heterocycles. The molecule has 3 rings (SSSR count). The number of nitrogens with two attached hydrogens (primary N) is 1. The van der Waals surface area contributed by atoms with Gasteiger partial charge >= 0.3 is 0 Å². The molecular weight excluding hydrogens is 264 g/mol. The minimum Gasteiger partial charge on any atom is -0.490 e. The van der Waals surface area contributed by atoms with Crippen LogP contribution in [-0.4, -0.2) is 13.2 Å². The predicted octanol–water partition coefficient (Wildman–Crippen LogP) is 3.30. The third-order valence-electron chi connectivity index (χ3n) is 4.14. The van der Waals surface area contributed by atoms with Crippen LogP contribution in [0.1, 0.15) is 43.7 Å². The van der Waals surface area contributed by atoms with Gasteiger partial charge in [-0.05, 0) is 37.0 Å². The molecule has 1 aliphatic carbocycles. The van der Waals surface area contributed by atoms with Crippen molar-refractivity contribution in [1.29, 1.82) is 0 Å². The van der Waals surface area contributed by atoms with Crippen molar-refractivity contribution < 1.29 is 18.3 Å². The Bertz CT molecular complexity index is 521. The Kier molecular flexibility index (Phi) is 3.12. The third-order valence-corrected chi connectivity index (χ3v) is 4.14. The number of hydrogen-bond donors (Lipinski definition) is 1. The minimum absolute atomic E-state index is 0.0380. The smallest absolute Gasteiger partial charge is 0.270 e. The normalized spacial score (nSPS) is 21.0. The average molecular weight is 283 g/mol. The van der Waals surface area contributed by atoms with E-state index in [1.54, 1.807) is 6.07 Å². The lowest BCUT2D eigenvalue weighted by Crippen LogP contribution is -2.44. The molecule has 1 saturated carbocycles. The van der Waals surface area contributed by atoms with Crippen molar-refractivity contribution in [3.8, 4) is 11.5 Å². The summed E-state index contributed by atoms with van der Waals surface area (Å²) in [6, 6.07) is 3.06. The summed E-state index contributed by atoms with van der Waals surface area (Å²) in [4.78, 5) is 0. The molecule has 0 unspecified atom stereocenters. The van der Waals surface area contributed by atoms with E-state index in [1.807, 2.05) is 0 Å². The Morgan fingerprint density at radius 1 is 1.10 bits per heavy atom. The van der Waals surface area contributed by atoms with Gasteiger partial charge in [-0.25, -0.2) is 8.78 Å². The first-order valence-corrected chi connectivity index (χ1v) is 7.01. The standard InChI is InChI=1S/C15H19F2NO2/c1-14(16,17)10-8-12-13(20-7-3-6-19-12)9-11(10)15(18)4-2-5-15/h8-9H,2-7,18H2,1H3. The second-order valence-electron chi connectivity index (χ2n) is 5.79. The summed E-state index contributed by atoms with van der Waals surface area (Å²) in [6.45, 7) is 1.92. The van der Waals surface area contributed by atoms with E-state index in [0.29, 0.717) is 30.3 Å². The molecule has 20 heavy (non-hydrogen) atoms. The molecule has 1 heterocycles. The van der Waals surface area contributed by atoms with Crippen LogP contribution in [-0.2, 0) is 11.5 Å². The highest BCUT2D eigenvalue weighted by molar-refractivity contribution is 5.52. The fourth-order valence-corrected chi connectivity index (χ4v) is 2.81. The molecule has 1 fully saturated rings. The number of alkyl halides is 2. The van der Waals surface area contributed by atoms with Gasteiger partial charge < -0.3 is 15.2 Å². The number of benzene rings is 1. The summed E-state index contributed by atoms with van der Waals surface area (Å²) < 4.78 is 39.0. The van der Waals surface area contributed by atoms with Crippen molar-refractivity contribution in [3.05, 3.63) is 23.3 Å². The average Bonchev–Trinajstić information content (AvgIpc) is 2.57. The molecule has 1 aromatic rings. The van der Waals surface area contributed by atoms with Crippen LogP contribution in [0, 0.1) is 0 Å². The molecule has 5 heteroatoms. The van der Waals surface area contributed by atoms with Gasteiger partial charge in [0.25, 0.3) is 5.92 Å². The van der Waals surface area contributed by atoms with E-state index in [-0.39, 0.29) is 5.56 Å². The zero-order chi connectivity index (χ0) is 14.4. The molecule has 0 bridgehead atoms. The number of rotatable bonds is 2. The molecule has 3 nitrogen and oxygen atoms in total. The molecule has 0 spiro atoms. The van der Waals surface area contributed by atoms with Crippen molar-refractivity contribution in [2.45, 2.75) is 44.1 Å². The van der Waals surface area contributed by atoms with Crippen molar-refractivity contribution in [3.63, 3.8) is 0 Å². The van der Waals surface area contributed by atoms with Gasteiger partial charge in [-0.1, -0.05) is 0 Å². The third kappa shape index (κ3) is 2.24. The summed E-state index contributed by atoms with van der Waals surface area (Å²) >= 11 is 0. The van der Waals surface area contributed by atoms with Crippen LogP contribution >= 0.6 is 0 Å². The number of fused-ring (bicyclic) bond motifs is 1. The molecular formula is C15H19F2NO2. The van der Waals surface area contributed by atoms with Crippen molar-refractivity contribution >= 4 is 0 Å². The highest BCUT2D eigenvalue weighted by atomic mass is 19.3. The molecule has 0 aromatic heterocycles. The Morgan fingerprint density at radius 3 is 2.20 bits per heavy atom. The number of ether oxygens (including phenoxy) is 2. The largest absolute Gasteiger partial charge is 0.490 e. The Morgan fingerprint density at radius 2 is 1.70 bits per heavy atom. The van der Waals surface area contributed by atoms with Crippen molar-refractivity contribution in [1.82, 2.24) is 0 Å². The van der Waals surface area contributed by atoms with E-state index >= 15 is 0 Å². The highest BCUT2D eigenvalue weighted by Crippen LogP contribution is 2.47. The van der Waals surface area contributed by atoms with Gasteiger partial charge in [0.1, 0.15) is 0 Å². The molecule has 1 aromatic carbocycles. The van der Waals surface area contributed by atoms with E-state index in [0.717, 1.165) is 32.6 Å². The molecule has 2 aliphatic rings. The van der Waals surface area contributed by atoms with Gasteiger partial charge in [0, 0.05) is 24.4 Å². The van der Waals surface area contributed by atoms with Gasteiger partial charge in [-0.3, -0.25) is 0 Å². The van der Waals surface area contributed by atoms with E-state index < -0.39 is 11.5 Å². The Labute approximate surface area is 117 Å². The van der Waals surface area contributed by atoms with E-state index in [2.05, 4.69) is 0 Å². The van der Waals surface area contributed by atoms with Gasteiger partial charge in [0.2, 0.25) is 0 Å². The summed E-state index contributed by atoms with van der Waals surface area (Å²) in [6.07, 6.45) is 3.18. The quantitative estimate of drug-likeness (QED) is 0.905. The predicted molar refractivity (Wildman–Crippen MR) is 71.3 cm³/mol. The SMILES string of the molecule is CC(F)(F)c1cc2c(cc1C1(N)CCC1)OCCCO2. The summed E-state index contributed by atoms with van der Waals surface area (Å²) in [5.74, 6) is -2.02. The van der Waals surface area contributed by atoms with Gasteiger partial charge in [-0.15, -0.1) is 0 Å². The lowest BCUT2D eigenvalue weighted by molar-refractivity contribution is 0.0138. The summed E-state index contributed by atoms with van der Waals surface area (Å²) in [5.41, 5.74) is 6.07. The van der Waals surface area contributed by atoms with Crippen molar-refractivity contribution in [2.24, 2.45) is 5.73 Å². The van der Waals surface area contributed by atoms with Gasteiger partial charge in [-0.2, -0.15) is 0 Å². The topological polar surface area (TPSA) is 44.5 Å². The van der Waals surface area contributed by atoms with Gasteiger partial charge in [0.15, 0.2) is 11.5 Å². The van der Waals surface area contributed by atoms with E-state index in [1.165, 1.54) is 6.07 Å². The Balaban J connectivity index is 2.13. The monoisotopic (exact) mass is 283 g/mol. The first-order valence-electron chi connectivity index (χ1n) is 7.01. The molecule has 0 saturated heterocycles. The van der Waals surface area contributed by atoms with E-state index in [9.17, 15) is 8.78 Å². The second-order valence-corrected chi connectivity index (χ2v) is 5.79. The second kappa shape index (κ2) is 4.58. The molecule has 110 valence electrons. The first kappa shape index (κ1) is 13.6. The molecule has 0 atom stereocenters. The molecule has 2 N–H and O–H groups in total. The van der Waals surface area contributed by atoms with Gasteiger partial charge in [0.05, 0.1) is 13.2 Å². The van der Waals surface area contributed by atoms with E-state index in [4.69, 9.17) is 15.2 Å². The van der Waals surface area contributed by atoms with Crippen LogP contribution in [0.5, 0.6) is 11.5 Å². The van der Waals surface area contributed by atoms with Crippen LogP contribution in [0.3, 0.4) is 0 Å². The fourth-order valence-electron chi connectivity index (χ4n) is 2.81. The maximum Gasteiger partial charge on any atom is 0.270 e. The minimum atomic E-state index is -2.94. The van der Waals surface area contributed by atoms with Crippen LogP contribution in [0.2, 0.25) is 0 Å². The van der Waals surface area contributed by atoms with Crippen LogP contribution in [0.15, 0.2) is 12.1 Å². The summed E-state index contributed by atoms with van der Waals surface area (Å²) in [5, 5.41) is 0. The highest BCUT2D eigenvalue weighted by Gasteiger charge is 2.41. The van der Waals surface area contributed by atoms with Crippen LogP contribution < -0.4 is 15.2 Å². The zero-order valence-corrected chi connectivity index (χ0v) is 11.5. The lowest BCUT2D eigenvalue weighted by atomic mass is 9.70.